The number of carbonyl (C=O) groups excluding carboxylic acids is 1. The molecule has 0 aliphatic heterocycles. The minimum atomic E-state index is -3.75. The van der Waals surface area contributed by atoms with E-state index in [9.17, 15) is 13.2 Å². The van der Waals surface area contributed by atoms with Crippen molar-refractivity contribution < 1.29 is 17.9 Å². The zero-order valence-electron chi connectivity index (χ0n) is 15.1. The molecule has 7 heteroatoms. The fourth-order valence-electron chi connectivity index (χ4n) is 2.50. The molecule has 0 aliphatic carbocycles. The quantitative estimate of drug-likeness (QED) is 0.390. The van der Waals surface area contributed by atoms with Crippen LogP contribution in [0.15, 0.2) is 77.7 Å². The van der Waals surface area contributed by atoms with Gasteiger partial charge in [-0.1, -0.05) is 34.1 Å². The average Bonchev–Trinajstić information content (AvgIpc) is 2.70. The van der Waals surface area contributed by atoms with Gasteiger partial charge in [0.05, 0.1) is 10.2 Å². The number of ether oxygens (including phenoxy) is 1. The number of sulfonamides is 1. The number of Topliss-reactive ketones (excluding diaryl/α,β-unsaturated/α-hetero) is 1. The SMILES string of the molecule is Cc1ccccc1Oc1ccc(S(=O)(=O)Nc2ccc(C(=O)CBr)cc2)cc1. The maximum absolute atomic E-state index is 12.6. The number of nitrogens with one attached hydrogen (secondary N) is 1. The van der Waals surface area contributed by atoms with Gasteiger partial charge in [-0.2, -0.15) is 0 Å². The van der Waals surface area contributed by atoms with Gasteiger partial charge in [0.15, 0.2) is 5.78 Å². The van der Waals surface area contributed by atoms with Crippen molar-refractivity contribution in [2.45, 2.75) is 11.8 Å². The first-order valence-corrected chi connectivity index (χ1v) is 11.0. The molecule has 5 nitrogen and oxygen atoms in total. The first-order chi connectivity index (χ1) is 13.4. The summed E-state index contributed by atoms with van der Waals surface area (Å²) in [6, 6.07) is 20.1. The highest BCUT2D eigenvalue weighted by Crippen LogP contribution is 2.26. The second-order valence-corrected chi connectivity index (χ2v) is 8.32. The summed E-state index contributed by atoms with van der Waals surface area (Å²) in [5.74, 6) is 1.19. The van der Waals surface area contributed by atoms with Crippen LogP contribution in [0.2, 0.25) is 0 Å². The Balaban J connectivity index is 1.73. The van der Waals surface area contributed by atoms with Gasteiger partial charge in [0.25, 0.3) is 10.0 Å². The van der Waals surface area contributed by atoms with Crippen LogP contribution in [-0.2, 0) is 10.0 Å². The zero-order chi connectivity index (χ0) is 20.1. The molecule has 0 bridgehead atoms. The first-order valence-electron chi connectivity index (χ1n) is 8.44. The normalized spacial score (nSPS) is 11.1. The number of hydrogen-bond acceptors (Lipinski definition) is 4. The lowest BCUT2D eigenvalue weighted by Crippen LogP contribution is -2.13. The zero-order valence-corrected chi connectivity index (χ0v) is 17.5. The number of aryl methyl sites for hydroxylation is 1. The Morgan fingerprint density at radius 1 is 0.964 bits per heavy atom. The van der Waals surface area contributed by atoms with Crippen LogP contribution in [0.3, 0.4) is 0 Å². The Hall–Kier alpha value is -2.64. The van der Waals surface area contributed by atoms with Gasteiger partial charge in [-0.25, -0.2) is 8.42 Å². The van der Waals surface area contributed by atoms with Crippen LogP contribution in [-0.4, -0.2) is 19.5 Å². The summed E-state index contributed by atoms with van der Waals surface area (Å²) in [5, 5.41) is 0.217. The minimum absolute atomic E-state index is 0.0707. The molecule has 0 spiro atoms. The summed E-state index contributed by atoms with van der Waals surface area (Å²) in [5.41, 5.74) is 1.88. The topological polar surface area (TPSA) is 72.5 Å². The molecular weight excluding hydrogens is 442 g/mol. The van der Waals surface area contributed by atoms with Crippen molar-refractivity contribution >= 4 is 37.4 Å². The average molecular weight is 460 g/mol. The fraction of sp³-hybridized carbons (Fsp3) is 0.0952. The Labute approximate surface area is 172 Å². The predicted octanol–water partition coefficient (Wildman–Crippen LogP) is 5.17. The predicted molar refractivity (Wildman–Crippen MR) is 113 cm³/mol. The molecule has 1 N–H and O–H groups in total. The Morgan fingerprint density at radius 3 is 2.21 bits per heavy atom. The second kappa shape index (κ2) is 8.58. The van der Waals surface area contributed by atoms with Crippen LogP contribution in [0.4, 0.5) is 5.69 Å². The highest BCUT2D eigenvalue weighted by atomic mass is 79.9. The van der Waals surface area contributed by atoms with Crippen molar-refractivity contribution in [3.05, 3.63) is 83.9 Å². The molecule has 0 aliphatic rings. The third-order valence-electron chi connectivity index (χ3n) is 4.04. The lowest BCUT2D eigenvalue weighted by Gasteiger charge is -2.11. The first kappa shape index (κ1) is 20.1. The lowest BCUT2D eigenvalue weighted by atomic mass is 10.1. The van der Waals surface area contributed by atoms with Crippen molar-refractivity contribution in [1.82, 2.24) is 0 Å². The summed E-state index contributed by atoms with van der Waals surface area (Å²) in [7, 11) is -3.75. The molecule has 28 heavy (non-hydrogen) atoms. The smallest absolute Gasteiger partial charge is 0.261 e. The van der Waals surface area contributed by atoms with Gasteiger partial charge in [0, 0.05) is 11.3 Å². The molecule has 3 rings (SSSR count). The molecule has 0 heterocycles. The number of rotatable bonds is 7. The van der Waals surface area contributed by atoms with Crippen LogP contribution < -0.4 is 9.46 Å². The van der Waals surface area contributed by atoms with Crippen LogP contribution in [0, 0.1) is 6.92 Å². The monoisotopic (exact) mass is 459 g/mol. The number of benzene rings is 3. The van der Waals surface area contributed by atoms with Gasteiger partial charge in [-0.3, -0.25) is 9.52 Å². The van der Waals surface area contributed by atoms with E-state index in [4.69, 9.17) is 4.74 Å². The van der Waals surface area contributed by atoms with Crippen LogP contribution in [0.1, 0.15) is 15.9 Å². The summed E-state index contributed by atoms with van der Waals surface area (Å²) < 4.78 is 33.4. The van der Waals surface area contributed by atoms with E-state index in [1.807, 2.05) is 31.2 Å². The summed E-state index contributed by atoms with van der Waals surface area (Å²) in [4.78, 5) is 11.7. The number of hydrogen-bond donors (Lipinski definition) is 1. The molecule has 0 atom stereocenters. The molecule has 0 saturated carbocycles. The van der Waals surface area contributed by atoms with Crippen LogP contribution >= 0.6 is 15.9 Å². The molecule has 0 radical (unpaired) electrons. The number of anilines is 1. The van der Waals surface area contributed by atoms with E-state index in [0.717, 1.165) is 5.56 Å². The molecule has 144 valence electrons. The maximum Gasteiger partial charge on any atom is 0.261 e. The molecule has 0 unspecified atom stereocenters. The highest BCUT2D eigenvalue weighted by Gasteiger charge is 2.15. The highest BCUT2D eigenvalue weighted by molar-refractivity contribution is 9.09. The number of carbonyl (C=O) groups is 1. The molecule has 3 aromatic carbocycles. The van der Waals surface area contributed by atoms with Crippen molar-refractivity contribution in [3.63, 3.8) is 0 Å². The number of alkyl halides is 1. The maximum atomic E-state index is 12.6. The van der Waals surface area contributed by atoms with Crippen LogP contribution in [0.5, 0.6) is 11.5 Å². The van der Waals surface area contributed by atoms with Gasteiger partial charge in [-0.15, -0.1) is 0 Å². The van der Waals surface area contributed by atoms with Gasteiger partial charge in [0.1, 0.15) is 11.5 Å². The van der Waals surface area contributed by atoms with Gasteiger partial charge in [0.2, 0.25) is 0 Å². The van der Waals surface area contributed by atoms with E-state index in [2.05, 4.69) is 20.7 Å². The third kappa shape index (κ3) is 4.79. The number of para-hydroxylation sites is 1. The van der Waals surface area contributed by atoms with E-state index < -0.39 is 10.0 Å². The molecule has 0 aromatic heterocycles. The summed E-state index contributed by atoms with van der Waals surface area (Å²) in [6.45, 7) is 1.94. The van der Waals surface area contributed by atoms with Crippen molar-refractivity contribution in [1.29, 1.82) is 0 Å². The van der Waals surface area contributed by atoms with E-state index in [1.54, 1.807) is 36.4 Å². The lowest BCUT2D eigenvalue weighted by molar-refractivity contribution is 0.102. The van der Waals surface area contributed by atoms with E-state index >= 15 is 0 Å². The van der Waals surface area contributed by atoms with E-state index in [1.165, 1.54) is 12.1 Å². The molecular formula is C21H18BrNO4S. The van der Waals surface area contributed by atoms with Gasteiger partial charge < -0.3 is 4.74 Å². The minimum Gasteiger partial charge on any atom is -0.457 e. The summed E-state index contributed by atoms with van der Waals surface area (Å²) in [6.07, 6.45) is 0. The molecule has 0 amide bonds. The largest absolute Gasteiger partial charge is 0.457 e. The van der Waals surface area contributed by atoms with Crippen molar-refractivity contribution in [2.24, 2.45) is 0 Å². The Kier molecular flexibility index (Phi) is 6.16. The van der Waals surface area contributed by atoms with Crippen molar-refractivity contribution in [2.75, 3.05) is 10.1 Å². The van der Waals surface area contributed by atoms with Crippen molar-refractivity contribution in [3.8, 4) is 11.5 Å². The van der Waals surface area contributed by atoms with Gasteiger partial charge in [-0.05, 0) is 67.1 Å². The second-order valence-electron chi connectivity index (χ2n) is 6.08. The molecule has 0 saturated heterocycles. The van der Waals surface area contributed by atoms with E-state index in [0.29, 0.717) is 22.7 Å². The molecule has 0 fully saturated rings. The molecule has 3 aromatic rings. The van der Waals surface area contributed by atoms with Crippen LogP contribution in [0.25, 0.3) is 0 Å². The third-order valence-corrected chi connectivity index (χ3v) is 5.94. The Bertz CT molecular complexity index is 1080. The van der Waals surface area contributed by atoms with E-state index in [-0.39, 0.29) is 16.0 Å². The standard InChI is InChI=1S/C21H18BrNO4S/c1-15-4-2-3-5-21(15)27-18-10-12-19(13-11-18)28(25,26)23-17-8-6-16(7-9-17)20(24)14-22/h2-13,23H,14H2,1H3. The number of ketones is 1. The fourth-order valence-corrected chi connectivity index (χ4v) is 3.88. The van der Waals surface area contributed by atoms with Gasteiger partial charge >= 0.3 is 0 Å². The Morgan fingerprint density at radius 2 is 1.61 bits per heavy atom. The summed E-state index contributed by atoms with van der Waals surface area (Å²) >= 11 is 3.11. The number of halogens is 1.